The van der Waals surface area contributed by atoms with Gasteiger partial charge in [-0.3, -0.25) is 0 Å². The Hall–Kier alpha value is -6.14. The fraction of sp³-hybridized carbons (Fsp3) is 0.191. The highest BCUT2D eigenvalue weighted by Crippen LogP contribution is 2.62. The highest BCUT2D eigenvalue weighted by molar-refractivity contribution is 5.94. The summed E-state index contributed by atoms with van der Waals surface area (Å²) in [5.41, 5.74) is 5.83. The second-order valence-electron chi connectivity index (χ2n) is 13.6. The Labute approximate surface area is 309 Å². The molecule has 0 fully saturated rings. The van der Waals surface area contributed by atoms with Gasteiger partial charge in [-0.25, -0.2) is 9.59 Å². The number of hydrogen-bond donors (Lipinski definition) is 0. The molecule has 0 saturated carbocycles. The van der Waals surface area contributed by atoms with E-state index in [1.807, 2.05) is 12.1 Å². The van der Waals surface area contributed by atoms with Crippen LogP contribution in [0, 0.1) is 11.8 Å². The topological polar surface area (TPSA) is 71.1 Å². The number of fused-ring (bicyclic) bond motifs is 6. The first-order valence-electron chi connectivity index (χ1n) is 18.1. The van der Waals surface area contributed by atoms with Gasteiger partial charge >= 0.3 is 11.9 Å². The van der Waals surface area contributed by atoms with Gasteiger partial charge in [0.05, 0.1) is 5.41 Å². The van der Waals surface area contributed by atoms with Gasteiger partial charge < -0.3 is 18.9 Å². The molecule has 8 rings (SSSR count). The lowest BCUT2D eigenvalue weighted by Gasteiger charge is -2.42. The Morgan fingerprint density at radius 1 is 0.698 bits per heavy atom. The fourth-order valence-corrected chi connectivity index (χ4v) is 8.57. The maximum Gasteiger partial charge on any atom is 0.330 e. The molecule has 4 aromatic carbocycles. The van der Waals surface area contributed by atoms with Gasteiger partial charge in [0.1, 0.15) is 37.9 Å². The summed E-state index contributed by atoms with van der Waals surface area (Å²) in [5.74, 6) is 1.01. The molecule has 0 radical (unpaired) electrons. The van der Waals surface area contributed by atoms with Crippen LogP contribution in [0.4, 0.5) is 0 Å². The van der Waals surface area contributed by atoms with Gasteiger partial charge in [0, 0.05) is 35.3 Å². The zero-order valence-electron chi connectivity index (χ0n) is 29.4. The van der Waals surface area contributed by atoms with E-state index in [0.29, 0.717) is 0 Å². The van der Waals surface area contributed by atoms with E-state index in [2.05, 4.69) is 128 Å². The Morgan fingerprint density at radius 3 is 2.15 bits per heavy atom. The van der Waals surface area contributed by atoms with Gasteiger partial charge in [0.15, 0.2) is 0 Å². The van der Waals surface area contributed by atoms with Crippen molar-refractivity contribution < 1.29 is 28.5 Å². The van der Waals surface area contributed by atoms with Crippen LogP contribution in [0.3, 0.4) is 0 Å². The Bertz CT molecular complexity index is 2390. The van der Waals surface area contributed by atoms with Gasteiger partial charge in [-0.2, -0.15) is 0 Å². The predicted octanol–water partition coefficient (Wildman–Crippen LogP) is 7.29. The summed E-state index contributed by atoms with van der Waals surface area (Å²) in [6.45, 7) is 7.71. The summed E-state index contributed by atoms with van der Waals surface area (Å²) in [6.07, 6.45) is 19.2. The number of carbonyl (C=O) groups excluding carboxylic acids is 2. The first-order valence-corrected chi connectivity index (χ1v) is 18.1. The minimum absolute atomic E-state index is 0.100. The maximum absolute atomic E-state index is 11.7. The minimum Gasteiger partial charge on any atom is -0.490 e. The molecule has 0 N–H and O–H groups in total. The molecular formula is C47H40O6. The number of allylic oxidation sites excluding steroid dienone is 7. The van der Waals surface area contributed by atoms with E-state index >= 15 is 0 Å². The van der Waals surface area contributed by atoms with Crippen LogP contribution in [0.25, 0.3) is 22.9 Å². The van der Waals surface area contributed by atoms with Crippen molar-refractivity contribution in [3.05, 3.63) is 185 Å². The van der Waals surface area contributed by atoms with Gasteiger partial charge in [0.25, 0.3) is 0 Å². The Kier molecular flexibility index (Phi) is 9.28. The standard InChI is InChI=1S/C47H40O6/c1-3-45(48)52-25-23-50-36-20-18-33-27-35(19-17-34(33)28-36)47(41-16-10-9-14-38(41)40-29-31-11-5-6-12-32(31)30-43(40)47)42-21-22-44(39-15-8-7-13-37(39)42)51-24-26-53-46(49)4-2/h3-16,18-22,27-30,34,40,43H,1-2,17,23-26H2. The highest BCUT2D eigenvalue weighted by Gasteiger charge is 2.54. The molecule has 6 nitrogen and oxygen atoms in total. The molecule has 0 spiro atoms. The van der Waals surface area contributed by atoms with Crippen molar-refractivity contribution in [2.75, 3.05) is 26.4 Å². The van der Waals surface area contributed by atoms with Gasteiger partial charge in [0.2, 0.25) is 0 Å². The zero-order valence-corrected chi connectivity index (χ0v) is 29.4. The van der Waals surface area contributed by atoms with E-state index in [-0.39, 0.29) is 44.2 Å². The van der Waals surface area contributed by atoms with Crippen molar-refractivity contribution in [3.63, 3.8) is 0 Å². The van der Waals surface area contributed by atoms with Crippen LogP contribution in [-0.4, -0.2) is 38.4 Å². The molecule has 4 aliphatic rings. The van der Waals surface area contributed by atoms with Crippen molar-refractivity contribution in [1.82, 2.24) is 0 Å². The number of esters is 2. The van der Waals surface area contributed by atoms with Crippen molar-refractivity contribution in [3.8, 4) is 5.75 Å². The molecule has 0 aromatic heterocycles. The van der Waals surface area contributed by atoms with Gasteiger partial charge in [-0.15, -0.1) is 0 Å². The van der Waals surface area contributed by atoms with Crippen LogP contribution in [0.1, 0.15) is 29.0 Å². The summed E-state index contributed by atoms with van der Waals surface area (Å²) in [4.78, 5) is 23.1. The molecule has 0 bridgehead atoms. The van der Waals surface area contributed by atoms with Gasteiger partial charge in [-0.1, -0.05) is 122 Å². The van der Waals surface area contributed by atoms with Crippen LogP contribution in [0.5, 0.6) is 5.75 Å². The SMILES string of the molecule is C=CC(=O)OCCOC1=CC2CC=C(C3(c4ccc(OCCOC(=O)C=C)c5ccccc45)c4ccccc4C4C=c5ccccc5=CC43)C=C2C=C1. The molecule has 264 valence electrons. The Balaban J connectivity index is 1.24. The second kappa shape index (κ2) is 14.5. The van der Waals surface area contributed by atoms with Crippen LogP contribution in [0.2, 0.25) is 0 Å². The normalized spacial score (nSPS) is 21.8. The van der Waals surface area contributed by atoms with E-state index < -0.39 is 17.4 Å². The fourth-order valence-electron chi connectivity index (χ4n) is 8.57. The first kappa shape index (κ1) is 34.0. The summed E-state index contributed by atoms with van der Waals surface area (Å²) < 4.78 is 22.5. The average molecular weight is 701 g/mol. The number of ether oxygens (including phenoxy) is 4. The van der Waals surface area contributed by atoms with E-state index in [1.165, 1.54) is 38.3 Å². The smallest absolute Gasteiger partial charge is 0.330 e. The first-order chi connectivity index (χ1) is 26.0. The van der Waals surface area contributed by atoms with Crippen LogP contribution >= 0.6 is 0 Å². The molecule has 53 heavy (non-hydrogen) atoms. The zero-order chi connectivity index (χ0) is 36.4. The lowest BCUT2D eigenvalue weighted by atomic mass is 9.60. The molecule has 4 atom stereocenters. The molecule has 4 aliphatic carbocycles. The van der Waals surface area contributed by atoms with Crippen LogP contribution in [-0.2, 0) is 29.2 Å². The van der Waals surface area contributed by atoms with Crippen LogP contribution < -0.4 is 15.2 Å². The third-order valence-electron chi connectivity index (χ3n) is 10.8. The number of carbonyl (C=O) groups is 2. The van der Waals surface area contributed by atoms with Crippen LogP contribution in [0.15, 0.2) is 158 Å². The third kappa shape index (κ3) is 6.14. The lowest BCUT2D eigenvalue weighted by molar-refractivity contribution is -0.139. The highest BCUT2D eigenvalue weighted by atomic mass is 16.6. The lowest BCUT2D eigenvalue weighted by Crippen LogP contribution is -2.40. The van der Waals surface area contributed by atoms with Crippen molar-refractivity contribution in [2.24, 2.45) is 11.8 Å². The Morgan fingerprint density at radius 2 is 1.38 bits per heavy atom. The van der Waals surface area contributed by atoms with E-state index in [1.54, 1.807) is 0 Å². The minimum atomic E-state index is -0.524. The average Bonchev–Trinajstić information content (AvgIpc) is 3.49. The monoisotopic (exact) mass is 700 g/mol. The summed E-state index contributed by atoms with van der Waals surface area (Å²) >= 11 is 0. The maximum atomic E-state index is 11.7. The molecule has 6 heteroatoms. The number of rotatable bonds is 12. The molecule has 4 aromatic rings. The van der Waals surface area contributed by atoms with Gasteiger partial charge in [-0.05, 0) is 68.3 Å². The number of hydrogen-bond acceptors (Lipinski definition) is 6. The van der Waals surface area contributed by atoms with Crippen molar-refractivity contribution in [2.45, 2.75) is 17.8 Å². The molecular weight excluding hydrogens is 661 g/mol. The summed E-state index contributed by atoms with van der Waals surface area (Å²) in [6, 6.07) is 30.4. The summed E-state index contributed by atoms with van der Waals surface area (Å²) in [5, 5.41) is 4.62. The quantitative estimate of drug-likeness (QED) is 0.0879. The molecule has 4 unspecified atom stereocenters. The van der Waals surface area contributed by atoms with E-state index in [9.17, 15) is 9.59 Å². The molecule has 0 aliphatic heterocycles. The van der Waals surface area contributed by atoms with E-state index in [0.717, 1.165) is 40.9 Å². The molecule has 0 saturated heterocycles. The van der Waals surface area contributed by atoms with E-state index in [4.69, 9.17) is 18.9 Å². The largest absolute Gasteiger partial charge is 0.490 e. The third-order valence-corrected chi connectivity index (χ3v) is 10.8. The molecule has 0 heterocycles. The second-order valence-corrected chi connectivity index (χ2v) is 13.6. The molecule has 0 amide bonds. The summed E-state index contributed by atoms with van der Waals surface area (Å²) in [7, 11) is 0. The van der Waals surface area contributed by atoms with Crippen molar-refractivity contribution >= 4 is 34.9 Å². The van der Waals surface area contributed by atoms with Crippen molar-refractivity contribution in [1.29, 1.82) is 0 Å². The predicted molar refractivity (Wildman–Crippen MR) is 207 cm³/mol. The number of benzene rings is 4.